The lowest BCUT2D eigenvalue weighted by Crippen LogP contribution is -2.16. The molecule has 124 valence electrons. The standard InChI is InChI=1S/C19H20N2OS2/c1-3-21-16-10-9-14(2)11-17(16)24-19(21)20-18(22)13-23-12-15-7-5-4-6-8-15/h4-11H,3,12-13H2,1-2H3. The summed E-state index contributed by atoms with van der Waals surface area (Å²) < 4.78 is 3.29. The Balaban J connectivity index is 1.75. The number of aryl methyl sites for hydroxylation is 2. The van der Waals surface area contributed by atoms with E-state index in [2.05, 4.69) is 53.7 Å². The predicted molar refractivity (Wildman–Crippen MR) is 103 cm³/mol. The summed E-state index contributed by atoms with van der Waals surface area (Å²) in [5.41, 5.74) is 3.61. The molecule has 24 heavy (non-hydrogen) atoms. The molecule has 0 fully saturated rings. The summed E-state index contributed by atoms with van der Waals surface area (Å²) in [6, 6.07) is 16.6. The van der Waals surface area contributed by atoms with Crippen LogP contribution in [0.3, 0.4) is 0 Å². The maximum atomic E-state index is 12.2. The van der Waals surface area contributed by atoms with Gasteiger partial charge in [-0.25, -0.2) is 0 Å². The molecule has 0 aliphatic rings. The summed E-state index contributed by atoms with van der Waals surface area (Å²) in [7, 11) is 0. The van der Waals surface area contributed by atoms with Crippen molar-refractivity contribution in [3.63, 3.8) is 0 Å². The third kappa shape index (κ3) is 3.97. The van der Waals surface area contributed by atoms with Crippen molar-refractivity contribution in [2.45, 2.75) is 26.1 Å². The van der Waals surface area contributed by atoms with E-state index in [0.717, 1.165) is 22.6 Å². The molecule has 2 aromatic carbocycles. The minimum absolute atomic E-state index is 0.0681. The number of fused-ring (bicyclic) bond motifs is 1. The first-order valence-corrected chi connectivity index (χ1v) is 9.93. The van der Waals surface area contributed by atoms with Gasteiger partial charge in [-0.15, -0.1) is 11.8 Å². The van der Waals surface area contributed by atoms with Gasteiger partial charge in [0.25, 0.3) is 5.91 Å². The Morgan fingerprint density at radius 2 is 2.00 bits per heavy atom. The van der Waals surface area contributed by atoms with Gasteiger partial charge < -0.3 is 4.57 Å². The van der Waals surface area contributed by atoms with Crippen LogP contribution in [-0.4, -0.2) is 16.2 Å². The van der Waals surface area contributed by atoms with Crippen LogP contribution in [0.1, 0.15) is 18.1 Å². The van der Waals surface area contributed by atoms with Crippen LogP contribution in [0.4, 0.5) is 0 Å². The Bertz CT molecular complexity index is 910. The molecule has 0 bridgehead atoms. The minimum atomic E-state index is -0.0681. The Kier molecular flexibility index (Phi) is 5.53. The molecule has 0 spiro atoms. The molecule has 5 heteroatoms. The van der Waals surface area contributed by atoms with E-state index in [1.165, 1.54) is 15.8 Å². The second kappa shape index (κ2) is 7.81. The summed E-state index contributed by atoms with van der Waals surface area (Å²) in [5, 5.41) is 0. The van der Waals surface area contributed by atoms with E-state index in [-0.39, 0.29) is 5.91 Å². The number of aromatic nitrogens is 1. The van der Waals surface area contributed by atoms with E-state index in [4.69, 9.17) is 0 Å². The smallest absolute Gasteiger partial charge is 0.258 e. The van der Waals surface area contributed by atoms with Gasteiger partial charge in [0, 0.05) is 12.3 Å². The number of hydrogen-bond donors (Lipinski definition) is 0. The number of thiazole rings is 1. The zero-order valence-electron chi connectivity index (χ0n) is 13.9. The Morgan fingerprint density at radius 3 is 2.75 bits per heavy atom. The van der Waals surface area contributed by atoms with Crippen molar-refractivity contribution >= 4 is 39.2 Å². The molecule has 0 saturated carbocycles. The zero-order valence-corrected chi connectivity index (χ0v) is 15.5. The highest BCUT2D eigenvalue weighted by Crippen LogP contribution is 2.19. The van der Waals surface area contributed by atoms with Gasteiger partial charge in [0.1, 0.15) is 0 Å². The summed E-state index contributed by atoms with van der Waals surface area (Å²) in [4.78, 5) is 17.4. The molecule has 0 saturated heterocycles. The van der Waals surface area contributed by atoms with Gasteiger partial charge in [0.15, 0.2) is 4.80 Å². The van der Waals surface area contributed by atoms with Crippen LogP contribution in [0.5, 0.6) is 0 Å². The molecule has 0 unspecified atom stereocenters. The first kappa shape index (κ1) is 17.0. The van der Waals surface area contributed by atoms with Crippen LogP contribution in [0, 0.1) is 6.92 Å². The van der Waals surface area contributed by atoms with Gasteiger partial charge in [0.2, 0.25) is 0 Å². The Labute approximate surface area is 150 Å². The van der Waals surface area contributed by atoms with Crippen molar-refractivity contribution in [1.29, 1.82) is 0 Å². The Hall–Kier alpha value is -1.85. The van der Waals surface area contributed by atoms with E-state index in [0.29, 0.717) is 5.75 Å². The molecule has 1 aromatic heterocycles. The third-order valence-corrected chi connectivity index (χ3v) is 5.74. The van der Waals surface area contributed by atoms with Crippen LogP contribution < -0.4 is 4.80 Å². The monoisotopic (exact) mass is 356 g/mol. The first-order chi connectivity index (χ1) is 11.7. The van der Waals surface area contributed by atoms with E-state index >= 15 is 0 Å². The summed E-state index contributed by atoms with van der Waals surface area (Å²) in [6.07, 6.45) is 0. The summed E-state index contributed by atoms with van der Waals surface area (Å²) >= 11 is 3.20. The quantitative estimate of drug-likeness (QED) is 0.679. The minimum Gasteiger partial charge on any atom is -0.317 e. The second-order valence-electron chi connectivity index (χ2n) is 5.58. The molecule has 0 radical (unpaired) electrons. The van der Waals surface area contributed by atoms with Crippen LogP contribution >= 0.6 is 23.1 Å². The fraction of sp³-hybridized carbons (Fsp3) is 0.263. The fourth-order valence-electron chi connectivity index (χ4n) is 2.54. The average Bonchev–Trinajstić information content (AvgIpc) is 2.91. The molecule has 1 heterocycles. The maximum absolute atomic E-state index is 12.2. The van der Waals surface area contributed by atoms with Crippen molar-refractivity contribution in [3.05, 3.63) is 64.5 Å². The van der Waals surface area contributed by atoms with E-state index in [1.54, 1.807) is 23.1 Å². The van der Waals surface area contributed by atoms with Gasteiger partial charge in [-0.05, 0) is 37.1 Å². The van der Waals surface area contributed by atoms with E-state index in [9.17, 15) is 4.79 Å². The van der Waals surface area contributed by atoms with Crippen LogP contribution in [-0.2, 0) is 17.1 Å². The lowest BCUT2D eigenvalue weighted by molar-refractivity contribution is -0.115. The topological polar surface area (TPSA) is 34.4 Å². The SMILES string of the molecule is CCn1c(=NC(=O)CSCc2ccccc2)sc2cc(C)ccc21. The third-order valence-electron chi connectivity index (χ3n) is 3.71. The van der Waals surface area contributed by atoms with Crippen LogP contribution in [0.15, 0.2) is 53.5 Å². The van der Waals surface area contributed by atoms with Crippen molar-refractivity contribution in [2.75, 3.05) is 5.75 Å². The maximum Gasteiger partial charge on any atom is 0.258 e. The largest absolute Gasteiger partial charge is 0.317 e. The van der Waals surface area contributed by atoms with Gasteiger partial charge in [-0.3, -0.25) is 4.79 Å². The zero-order chi connectivity index (χ0) is 16.9. The van der Waals surface area contributed by atoms with E-state index < -0.39 is 0 Å². The van der Waals surface area contributed by atoms with Crippen molar-refractivity contribution in [1.82, 2.24) is 4.57 Å². The lowest BCUT2D eigenvalue weighted by Gasteiger charge is -2.01. The number of carbonyl (C=O) groups excluding carboxylic acids is 1. The highest BCUT2D eigenvalue weighted by molar-refractivity contribution is 7.99. The molecule has 3 rings (SSSR count). The summed E-state index contributed by atoms with van der Waals surface area (Å²) in [5.74, 6) is 1.18. The van der Waals surface area contributed by atoms with Crippen LogP contribution in [0.2, 0.25) is 0 Å². The van der Waals surface area contributed by atoms with Crippen LogP contribution in [0.25, 0.3) is 10.2 Å². The predicted octanol–water partition coefficient (Wildman–Crippen LogP) is 4.39. The van der Waals surface area contributed by atoms with Crippen molar-refractivity contribution in [2.24, 2.45) is 4.99 Å². The number of carbonyl (C=O) groups is 1. The summed E-state index contributed by atoms with van der Waals surface area (Å²) in [6.45, 7) is 4.98. The fourth-order valence-corrected chi connectivity index (χ4v) is 4.52. The van der Waals surface area contributed by atoms with Gasteiger partial charge in [-0.1, -0.05) is 47.7 Å². The molecule has 0 N–H and O–H groups in total. The molecule has 0 atom stereocenters. The highest BCUT2D eigenvalue weighted by Gasteiger charge is 2.07. The molecule has 0 aliphatic carbocycles. The number of amides is 1. The number of hydrogen-bond acceptors (Lipinski definition) is 3. The highest BCUT2D eigenvalue weighted by atomic mass is 32.2. The molecule has 1 amide bonds. The van der Waals surface area contributed by atoms with Crippen molar-refractivity contribution < 1.29 is 4.79 Å². The number of nitrogens with zero attached hydrogens (tertiary/aromatic N) is 2. The molecule has 0 aliphatic heterocycles. The van der Waals surface area contributed by atoms with Gasteiger partial charge >= 0.3 is 0 Å². The number of thioether (sulfide) groups is 1. The van der Waals surface area contributed by atoms with Crippen molar-refractivity contribution in [3.8, 4) is 0 Å². The van der Waals surface area contributed by atoms with Gasteiger partial charge in [0.05, 0.1) is 16.0 Å². The number of benzene rings is 2. The lowest BCUT2D eigenvalue weighted by atomic mass is 10.2. The molecule has 3 aromatic rings. The van der Waals surface area contributed by atoms with E-state index in [1.807, 2.05) is 18.2 Å². The first-order valence-electron chi connectivity index (χ1n) is 7.96. The average molecular weight is 357 g/mol. The normalized spacial score (nSPS) is 12.0. The van der Waals surface area contributed by atoms with Gasteiger partial charge in [-0.2, -0.15) is 4.99 Å². The number of rotatable bonds is 5. The molecular formula is C19H20N2OS2. The Morgan fingerprint density at radius 1 is 1.21 bits per heavy atom. The second-order valence-corrected chi connectivity index (χ2v) is 7.58. The molecular weight excluding hydrogens is 336 g/mol. The molecule has 3 nitrogen and oxygen atoms in total.